The molecule has 2 bridgehead atoms. The number of allylic oxidation sites excluding steroid dienone is 1. The molecule has 4 nitrogen and oxygen atoms in total. The molecule has 2 unspecified atom stereocenters. The van der Waals surface area contributed by atoms with E-state index in [1.54, 1.807) is 6.92 Å². The molecule has 18 heavy (non-hydrogen) atoms. The molecule has 2 aliphatic rings. The number of esters is 1. The number of fused-ring (bicyclic) bond motifs is 2. The summed E-state index contributed by atoms with van der Waals surface area (Å²) >= 11 is 0. The molecule has 0 spiro atoms. The van der Waals surface area contributed by atoms with Gasteiger partial charge in [-0.2, -0.15) is 0 Å². The van der Waals surface area contributed by atoms with Crippen LogP contribution >= 0.6 is 0 Å². The molecule has 2 fully saturated rings. The zero-order valence-electron chi connectivity index (χ0n) is 11.4. The molecule has 0 amide bonds. The third-order valence-electron chi connectivity index (χ3n) is 5.04. The Morgan fingerprint density at radius 1 is 1.44 bits per heavy atom. The lowest BCUT2D eigenvalue weighted by Gasteiger charge is -2.31. The molecule has 0 saturated heterocycles. The first-order valence-corrected chi connectivity index (χ1v) is 6.42. The Hall–Kier alpha value is -1.32. The second-order valence-corrected chi connectivity index (χ2v) is 5.96. The van der Waals surface area contributed by atoms with E-state index in [2.05, 4.69) is 0 Å². The number of aliphatic hydroxyl groups is 1. The summed E-state index contributed by atoms with van der Waals surface area (Å²) in [7, 11) is 0. The molecule has 2 saturated carbocycles. The maximum atomic E-state index is 12.4. The fourth-order valence-electron chi connectivity index (χ4n) is 3.45. The van der Waals surface area contributed by atoms with Crippen molar-refractivity contribution in [3.63, 3.8) is 0 Å². The highest BCUT2D eigenvalue weighted by Gasteiger charge is 2.65. The lowest BCUT2D eigenvalue weighted by atomic mass is 9.70. The Kier molecular flexibility index (Phi) is 2.80. The third-order valence-corrected chi connectivity index (χ3v) is 5.04. The number of ketones is 1. The van der Waals surface area contributed by atoms with E-state index < -0.39 is 17.1 Å². The van der Waals surface area contributed by atoms with Gasteiger partial charge in [0, 0.05) is 11.0 Å². The van der Waals surface area contributed by atoms with Crippen LogP contribution in [0.15, 0.2) is 11.3 Å². The molecule has 0 aromatic heterocycles. The van der Waals surface area contributed by atoms with Gasteiger partial charge in [0.1, 0.15) is 0 Å². The minimum atomic E-state index is -0.784. The first-order valence-electron chi connectivity index (χ1n) is 6.42. The van der Waals surface area contributed by atoms with Crippen LogP contribution in [0.3, 0.4) is 0 Å². The van der Waals surface area contributed by atoms with Gasteiger partial charge in [0.25, 0.3) is 0 Å². The van der Waals surface area contributed by atoms with Gasteiger partial charge in [-0.3, -0.25) is 4.79 Å². The van der Waals surface area contributed by atoms with Crippen LogP contribution in [-0.4, -0.2) is 23.5 Å². The molecule has 2 rings (SSSR count). The number of aliphatic hydroxyl groups excluding tert-OH is 1. The third kappa shape index (κ3) is 1.38. The fourth-order valence-corrected chi connectivity index (χ4v) is 3.45. The molecule has 2 aliphatic carbocycles. The normalized spacial score (nSPS) is 35.8. The Labute approximate surface area is 107 Å². The van der Waals surface area contributed by atoms with Crippen LogP contribution in [-0.2, 0) is 14.3 Å². The van der Waals surface area contributed by atoms with Crippen molar-refractivity contribution in [1.82, 2.24) is 0 Å². The van der Waals surface area contributed by atoms with Gasteiger partial charge in [0.2, 0.25) is 5.76 Å². The molecular weight excluding hydrogens is 232 g/mol. The van der Waals surface area contributed by atoms with Gasteiger partial charge < -0.3 is 9.84 Å². The number of ether oxygens (including phenoxy) is 1. The summed E-state index contributed by atoms with van der Waals surface area (Å²) in [6, 6.07) is 0. The summed E-state index contributed by atoms with van der Waals surface area (Å²) in [5.74, 6) is -1.40. The second-order valence-electron chi connectivity index (χ2n) is 5.96. The number of carbonyl (C=O) groups excluding carboxylic acids is 2. The van der Waals surface area contributed by atoms with Crippen LogP contribution < -0.4 is 0 Å². The SMILES string of the molecule is CCOC(=O)C(O)=C1C(=O)C2(C)CCC1C2(C)C. The van der Waals surface area contributed by atoms with Crippen LogP contribution in [0, 0.1) is 16.7 Å². The van der Waals surface area contributed by atoms with E-state index in [0.29, 0.717) is 0 Å². The first-order chi connectivity index (χ1) is 8.27. The van der Waals surface area contributed by atoms with Crippen molar-refractivity contribution in [3.05, 3.63) is 11.3 Å². The Morgan fingerprint density at radius 3 is 2.50 bits per heavy atom. The molecule has 2 atom stereocenters. The van der Waals surface area contributed by atoms with Crippen molar-refractivity contribution in [2.45, 2.75) is 40.5 Å². The Bertz CT molecular complexity index is 447. The highest BCUT2D eigenvalue weighted by Crippen LogP contribution is 2.65. The summed E-state index contributed by atoms with van der Waals surface area (Å²) < 4.78 is 4.77. The molecule has 4 heteroatoms. The van der Waals surface area contributed by atoms with E-state index in [9.17, 15) is 14.7 Å². The van der Waals surface area contributed by atoms with Gasteiger partial charge in [-0.15, -0.1) is 0 Å². The lowest BCUT2D eigenvalue weighted by Crippen LogP contribution is -2.32. The minimum Gasteiger partial charge on any atom is -0.502 e. The van der Waals surface area contributed by atoms with Gasteiger partial charge in [0.15, 0.2) is 5.78 Å². The van der Waals surface area contributed by atoms with E-state index in [-0.39, 0.29) is 29.3 Å². The number of hydrogen-bond acceptors (Lipinski definition) is 4. The molecule has 0 aromatic rings. The Morgan fingerprint density at radius 2 is 2.06 bits per heavy atom. The van der Waals surface area contributed by atoms with Gasteiger partial charge in [-0.1, -0.05) is 20.8 Å². The van der Waals surface area contributed by atoms with Gasteiger partial charge in [-0.05, 0) is 31.1 Å². The predicted octanol–water partition coefficient (Wildman–Crippen LogP) is 2.39. The van der Waals surface area contributed by atoms with Crippen molar-refractivity contribution in [3.8, 4) is 0 Å². The summed E-state index contributed by atoms with van der Waals surface area (Å²) in [6.45, 7) is 7.86. The van der Waals surface area contributed by atoms with E-state index >= 15 is 0 Å². The number of carbonyl (C=O) groups is 2. The standard InChI is InChI=1S/C14H20O4/c1-5-18-12(17)10(15)9-8-6-7-14(4,11(9)16)13(8,2)3/h8,15H,5-7H2,1-4H3. The second kappa shape index (κ2) is 3.84. The lowest BCUT2D eigenvalue weighted by molar-refractivity contribution is -0.142. The number of hydrogen-bond donors (Lipinski definition) is 1. The maximum Gasteiger partial charge on any atom is 0.373 e. The minimum absolute atomic E-state index is 0.0422. The highest BCUT2D eigenvalue weighted by atomic mass is 16.5. The fraction of sp³-hybridized carbons (Fsp3) is 0.714. The van der Waals surface area contributed by atoms with E-state index in [0.717, 1.165) is 12.8 Å². The predicted molar refractivity (Wildman–Crippen MR) is 65.9 cm³/mol. The van der Waals surface area contributed by atoms with Crippen LogP contribution in [0.2, 0.25) is 0 Å². The molecule has 0 aliphatic heterocycles. The summed E-state index contributed by atoms with van der Waals surface area (Å²) in [5.41, 5.74) is -0.389. The van der Waals surface area contributed by atoms with Crippen LogP contribution in [0.25, 0.3) is 0 Å². The average molecular weight is 252 g/mol. The van der Waals surface area contributed by atoms with Crippen molar-refractivity contribution in [2.24, 2.45) is 16.7 Å². The van der Waals surface area contributed by atoms with E-state index in [4.69, 9.17) is 4.74 Å². The van der Waals surface area contributed by atoms with E-state index in [1.165, 1.54) is 0 Å². The maximum absolute atomic E-state index is 12.4. The topological polar surface area (TPSA) is 63.6 Å². The molecule has 0 aromatic carbocycles. The van der Waals surface area contributed by atoms with Crippen LogP contribution in [0.4, 0.5) is 0 Å². The van der Waals surface area contributed by atoms with Crippen molar-refractivity contribution in [1.29, 1.82) is 0 Å². The van der Waals surface area contributed by atoms with Crippen molar-refractivity contribution >= 4 is 11.8 Å². The molecule has 1 N–H and O–H groups in total. The smallest absolute Gasteiger partial charge is 0.373 e. The zero-order chi connectivity index (χ0) is 13.7. The molecule has 0 radical (unpaired) electrons. The zero-order valence-corrected chi connectivity index (χ0v) is 11.4. The quantitative estimate of drug-likeness (QED) is 0.465. The van der Waals surface area contributed by atoms with Crippen molar-refractivity contribution < 1.29 is 19.4 Å². The first kappa shape index (κ1) is 13.1. The molecule has 100 valence electrons. The molecular formula is C14H20O4. The summed E-state index contributed by atoms with van der Waals surface area (Å²) in [4.78, 5) is 24.0. The monoisotopic (exact) mass is 252 g/mol. The van der Waals surface area contributed by atoms with Crippen LogP contribution in [0.5, 0.6) is 0 Å². The van der Waals surface area contributed by atoms with Crippen LogP contribution in [0.1, 0.15) is 40.5 Å². The number of rotatable bonds is 2. The van der Waals surface area contributed by atoms with Gasteiger partial charge >= 0.3 is 5.97 Å². The summed E-state index contributed by atoms with van der Waals surface area (Å²) in [5, 5.41) is 9.97. The van der Waals surface area contributed by atoms with Gasteiger partial charge in [0.05, 0.1) is 6.61 Å². The average Bonchev–Trinajstić information content (AvgIpc) is 2.60. The molecule has 0 heterocycles. The van der Waals surface area contributed by atoms with Gasteiger partial charge in [-0.25, -0.2) is 4.79 Å². The summed E-state index contributed by atoms with van der Waals surface area (Å²) in [6.07, 6.45) is 1.66. The highest BCUT2D eigenvalue weighted by molar-refractivity contribution is 6.09. The number of Topliss-reactive ketones (excluding diaryl/α,β-unsaturated/α-hetero) is 1. The van der Waals surface area contributed by atoms with Crippen molar-refractivity contribution in [2.75, 3.05) is 6.61 Å². The largest absolute Gasteiger partial charge is 0.502 e. The van der Waals surface area contributed by atoms with E-state index in [1.807, 2.05) is 20.8 Å². The Balaban J connectivity index is 2.47.